The fraction of sp³-hybridized carbons (Fsp3) is 0.429. The van der Waals surface area contributed by atoms with Crippen LogP contribution in [0.2, 0.25) is 4.34 Å². The van der Waals surface area contributed by atoms with Gasteiger partial charge in [0.1, 0.15) is 20.8 Å². The summed E-state index contributed by atoms with van der Waals surface area (Å²) >= 11 is 8.66. The lowest BCUT2D eigenvalue weighted by Crippen LogP contribution is -2.33. The molecule has 0 saturated carbocycles. The summed E-state index contributed by atoms with van der Waals surface area (Å²) in [6, 6.07) is -0.479. The van der Waals surface area contributed by atoms with E-state index in [4.69, 9.17) is 16.7 Å². The van der Waals surface area contributed by atoms with Gasteiger partial charge in [0.05, 0.1) is 6.20 Å². The van der Waals surface area contributed by atoms with Crippen molar-refractivity contribution in [3.05, 3.63) is 15.5 Å². The maximum atomic E-state index is 10.7. The highest BCUT2D eigenvalue weighted by Crippen LogP contribution is 2.35. The standard InChI is InChI=1S/C7H7ClN2O2S2/c8-4-1-9-5(14-4)6-10-3(2-13-6)7(11)12/h1,3,6,10H,2H2,(H,11,12). The molecule has 2 heterocycles. The van der Waals surface area contributed by atoms with Crippen LogP contribution in [0.15, 0.2) is 6.20 Å². The maximum Gasteiger partial charge on any atom is 0.321 e. The molecule has 1 fully saturated rings. The van der Waals surface area contributed by atoms with Gasteiger partial charge in [0.15, 0.2) is 0 Å². The van der Waals surface area contributed by atoms with Gasteiger partial charge in [-0.15, -0.1) is 23.1 Å². The Kier molecular flexibility index (Phi) is 2.96. The number of thioether (sulfide) groups is 1. The van der Waals surface area contributed by atoms with Gasteiger partial charge in [-0.05, 0) is 0 Å². The normalized spacial score (nSPS) is 26.6. The number of halogens is 1. The molecule has 1 saturated heterocycles. The second kappa shape index (κ2) is 4.06. The van der Waals surface area contributed by atoms with Crippen LogP contribution in [-0.4, -0.2) is 27.9 Å². The Morgan fingerprint density at radius 2 is 2.57 bits per heavy atom. The van der Waals surface area contributed by atoms with Gasteiger partial charge in [-0.1, -0.05) is 11.6 Å². The average molecular weight is 251 g/mol. The molecule has 14 heavy (non-hydrogen) atoms. The van der Waals surface area contributed by atoms with Crippen molar-refractivity contribution in [2.45, 2.75) is 11.4 Å². The zero-order valence-corrected chi connectivity index (χ0v) is 9.33. The summed E-state index contributed by atoms with van der Waals surface area (Å²) in [5.74, 6) is -0.250. The Bertz CT molecular complexity index is 357. The first kappa shape index (κ1) is 10.2. The van der Waals surface area contributed by atoms with E-state index in [0.717, 1.165) is 5.01 Å². The fourth-order valence-corrected chi connectivity index (χ4v) is 3.45. The summed E-state index contributed by atoms with van der Waals surface area (Å²) in [6.45, 7) is 0. The minimum atomic E-state index is -0.817. The zero-order valence-electron chi connectivity index (χ0n) is 6.94. The van der Waals surface area contributed by atoms with Crippen LogP contribution in [0, 0.1) is 0 Å². The number of nitrogens with zero attached hydrogens (tertiary/aromatic N) is 1. The molecule has 2 atom stereocenters. The molecule has 0 bridgehead atoms. The summed E-state index contributed by atoms with van der Waals surface area (Å²) in [4.78, 5) is 14.8. The zero-order chi connectivity index (χ0) is 10.1. The van der Waals surface area contributed by atoms with Gasteiger partial charge in [0.25, 0.3) is 0 Å². The van der Waals surface area contributed by atoms with Crippen molar-refractivity contribution in [1.29, 1.82) is 0 Å². The van der Waals surface area contributed by atoms with Crippen molar-refractivity contribution in [3.63, 3.8) is 0 Å². The van der Waals surface area contributed by atoms with Gasteiger partial charge in [0.2, 0.25) is 0 Å². The first-order chi connectivity index (χ1) is 6.66. The van der Waals surface area contributed by atoms with E-state index in [0.29, 0.717) is 10.1 Å². The molecule has 0 aromatic carbocycles. The number of carbonyl (C=O) groups is 1. The molecule has 0 radical (unpaired) electrons. The van der Waals surface area contributed by atoms with Crippen molar-refractivity contribution < 1.29 is 9.90 Å². The lowest BCUT2D eigenvalue weighted by Gasteiger charge is -2.06. The lowest BCUT2D eigenvalue weighted by molar-refractivity contribution is -0.138. The van der Waals surface area contributed by atoms with Crippen molar-refractivity contribution in [1.82, 2.24) is 10.3 Å². The second-order valence-electron chi connectivity index (χ2n) is 2.77. The lowest BCUT2D eigenvalue weighted by atomic mass is 10.3. The highest BCUT2D eigenvalue weighted by Gasteiger charge is 2.31. The van der Waals surface area contributed by atoms with Gasteiger partial charge in [-0.2, -0.15) is 0 Å². The molecule has 2 rings (SSSR count). The highest BCUT2D eigenvalue weighted by atomic mass is 35.5. The number of nitrogens with one attached hydrogen (secondary N) is 1. The van der Waals surface area contributed by atoms with Crippen LogP contribution in [0.5, 0.6) is 0 Å². The molecule has 0 amide bonds. The van der Waals surface area contributed by atoms with Crippen LogP contribution in [0.25, 0.3) is 0 Å². The molecule has 7 heteroatoms. The molecule has 0 spiro atoms. The summed E-state index contributed by atoms with van der Waals surface area (Å²) in [6.07, 6.45) is 1.58. The van der Waals surface area contributed by atoms with Crippen LogP contribution in [0.3, 0.4) is 0 Å². The first-order valence-electron chi connectivity index (χ1n) is 3.88. The van der Waals surface area contributed by atoms with Crippen molar-refractivity contribution in [2.75, 3.05) is 5.75 Å². The molecule has 0 aliphatic carbocycles. The Labute approximate surface area is 93.7 Å². The number of rotatable bonds is 2. The number of aromatic nitrogens is 1. The predicted molar refractivity (Wildman–Crippen MR) is 56.9 cm³/mol. The first-order valence-corrected chi connectivity index (χ1v) is 6.13. The molecule has 4 nitrogen and oxygen atoms in total. The second-order valence-corrected chi connectivity index (χ2v) is 5.61. The molecule has 76 valence electrons. The highest BCUT2D eigenvalue weighted by molar-refractivity contribution is 7.99. The summed E-state index contributed by atoms with van der Waals surface area (Å²) in [7, 11) is 0. The minimum absolute atomic E-state index is 0.0337. The van der Waals surface area contributed by atoms with E-state index in [1.807, 2.05) is 0 Å². The Morgan fingerprint density at radius 3 is 3.07 bits per heavy atom. The Hall–Kier alpha value is -0.300. The third-order valence-electron chi connectivity index (χ3n) is 1.80. The van der Waals surface area contributed by atoms with Crippen molar-refractivity contribution >= 4 is 40.7 Å². The van der Waals surface area contributed by atoms with Gasteiger partial charge in [-0.25, -0.2) is 4.98 Å². The van der Waals surface area contributed by atoms with E-state index in [1.54, 1.807) is 18.0 Å². The molecule has 1 aliphatic heterocycles. The third-order valence-corrected chi connectivity index (χ3v) is 4.35. The van der Waals surface area contributed by atoms with Crippen LogP contribution in [-0.2, 0) is 4.79 Å². The molecular formula is C7H7ClN2O2S2. The number of hydrogen-bond donors (Lipinski definition) is 2. The van der Waals surface area contributed by atoms with Gasteiger partial charge in [-0.3, -0.25) is 10.1 Å². The fourth-order valence-electron chi connectivity index (χ4n) is 1.14. The van der Waals surface area contributed by atoms with Crippen molar-refractivity contribution in [2.24, 2.45) is 0 Å². The molecule has 2 N–H and O–H groups in total. The number of carboxylic acid groups (broad SMARTS) is 1. The van der Waals surface area contributed by atoms with Crippen LogP contribution < -0.4 is 5.32 Å². The topological polar surface area (TPSA) is 62.2 Å². The number of hydrogen-bond acceptors (Lipinski definition) is 5. The average Bonchev–Trinajstić information content (AvgIpc) is 2.70. The molecule has 1 aromatic rings. The van der Waals surface area contributed by atoms with E-state index in [9.17, 15) is 4.79 Å². The molecule has 1 aliphatic rings. The van der Waals surface area contributed by atoms with Crippen LogP contribution in [0.4, 0.5) is 0 Å². The number of carboxylic acids is 1. The van der Waals surface area contributed by atoms with E-state index in [2.05, 4.69) is 10.3 Å². The monoisotopic (exact) mass is 250 g/mol. The number of thiazole rings is 1. The van der Waals surface area contributed by atoms with Crippen LogP contribution in [0.1, 0.15) is 10.4 Å². The molecule has 2 unspecified atom stereocenters. The SMILES string of the molecule is O=C(O)C1CSC(c2ncc(Cl)s2)N1. The summed E-state index contributed by atoms with van der Waals surface area (Å²) < 4.78 is 0.626. The number of aliphatic carboxylic acids is 1. The summed E-state index contributed by atoms with van der Waals surface area (Å²) in [5.41, 5.74) is 0. The smallest absolute Gasteiger partial charge is 0.321 e. The van der Waals surface area contributed by atoms with Crippen molar-refractivity contribution in [3.8, 4) is 0 Å². The van der Waals surface area contributed by atoms with Gasteiger partial charge < -0.3 is 5.11 Å². The predicted octanol–water partition coefficient (Wildman–Crippen LogP) is 1.58. The minimum Gasteiger partial charge on any atom is -0.480 e. The molecular weight excluding hydrogens is 244 g/mol. The van der Waals surface area contributed by atoms with E-state index >= 15 is 0 Å². The van der Waals surface area contributed by atoms with Crippen LogP contribution >= 0.6 is 34.7 Å². The molecule has 1 aromatic heterocycles. The summed E-state index contributed by atoms with van der Waals surface area (Å²) in [5, 5.41) is 12.5. The third kappa shape index (κ3) is 2.03. The van der Waals surface area contributed by atoms with E-state index in [-0.39, 0.29) is 5.37 Å². The Balaban J connectivity index is 2.05. The Morgan fingerprint density at radius 1 is 1.79 bits per heavy atom. The maximum absolute atomic E-state index is 10.7. The largest absolute Gasteiger partial charge is 0.480 e. The van der Waals surface area contributed by atoms with E-state index in [1.165, 1.54) is 11.3 Å². The van der Waals surface area contributed by atoms with E-state index < -0.39 is 12.0 Å². The van der Waals surface area contributed by atoms with Gasteiger partial charge >= 0.3 is 5.97 Å². The van der Waals surface area contributed by atoms with Gasteiger partial charge in [0, 0.05) is 5.75 Å². The quantitative estimate of drug-likeness (QED) is 0.835.